The van der Waals surface area contributed by atoms with E-state index in [2.05, 4.69) is 10.3 Å². The molecule has 0 atom stereocenters. The zero-order valence-corrected chi connectivity index (χ0v) is 12.3. The highest BCUT2D eigenvalue weighted by Gasteiger charge is 2.30. The molecule has 3 rings (SSSR count). The lowest BCUT2D eigenvalue weighted by Crippen LogP contribution is -2.07. The summed E-state index contributed by atoms with van der Waals surface area (Å²) >= 11 is 0. The molecular weight excluding hydrogens is 323 g/mol. The number of allylic oxidation sites excluding steroid dienone is 3. The van der Waals surface area contributed by atoms with Gasteiger partial charge in [0.25, 0.3) is 0 Å². The fraction of sp³-hybridized carbons (Fsp3) is 0.188. The van der Waals surface area contributed by atoms with E-state index in [-0.39, 0.29) is 5.57 Å². The zero-order chi connectivity index (χ0) is 17.3. The largest absolute Gasteiger partial charge is 0.478 e. The molecule has 8 heteroatoms. The van der Waals surface area contributed by atoms with Gasteiger partial charge in [0, 0.05) is 11.1 Å². The summed E-state index contributed by atoms with van der Waals surface area (Å²) in [5, 5.41) is 16.9. The Kier molecular flexibility index (Phi) is 3.96. The van der Waals surface area contributed by atoms with Gasteiger partial charge in [-0.25, -0.2) is 9.48 Å². The van der Waals surface area contributed by atoms with Gasteiger partial charge in [0.05, 0.1) is 17.5 Å². The minimum absolute atomic E-state index is 0.277. The van der Waals surface area contributed by atoms with Crippen molar-refractivity contribution in [1.29, 1.82) is 0 Å². The first-order valence-electron chi connectivity index (χ1n) is 7.09. The number of hydrogen-bond acceptors (Lipinski definition) is 3. The van der Waals surface area contributed by atoms with E-state index < -0.39 is 17.7 Å². The van der Waals surface area contributed by atoms with Crippen LogP contribution in [0.2, 0.25) is 0 Å². The maximum Gasteiger partial charge on any atom is 0.416 e. The molecule has 2 aromatic rings. The van der Waals surface area contributed by atoms with Crippen molar-refractivity contribution < 1.29 is 23.1 Å². The number of rotatable bonds is 3. The van der Waals surface area contributed by atoms with E-state index in [1.807, 2.05) is 6.08 Å². The zero-order valence-electron chi connectivity index (χ0n) is 12.3. The van der Waals surface area contributed by atoms with Crippen LogP contribution in [0.4, 0.5) is 13.2 Å². The van der Waals surface area contributed by atoms with Crippen molar-refractivity contribution in [2.45, 2.75) is 19.0 Å². The van der Waals surface area contributed by atoms with Crippen LogP contribution in [0.5, 0.6) is 0 Å². The number of carbonyl (C=O) groups is 1. The summed E-state index contributed by atoms with van der Waals surface area (Å²) in [6.07, 6.45) is 1.52. The number of halogens is 3. The summed E-state index contributed by atoms with van der Waals surface area (Å²) in [6, 6.07) is 4.61. The van der Waals surface area contributed by atoms with Crippen LogP contribution in [0.25, 0.3) is 17.0 Å². The van der Waals surface area contributed by atoms with Gasteiger partial charge in [0.1, 0.15) is 5.69 Å². The van der Waals surface area contributed by atoms with Crippen LogP contribution in [0.1, 0.15) is 18.4 Å². The van der Waals surface area contributed by atoms with Crippen molar-refractivity contribution in [3.8, 4) is 11.3 Å². The Morgan fingerprint density at radius 3 is 2.54 bits per heavy atom. The molecular formula is C16H12F3N3O2. The number of alkyl halides is 3. The van der Waals surface area contributed by atoms with E-state index in [0.29, 0.717) is 29.8 Å². The van der Waals surface area contributed by atoms with E-state index in [0.717, 1.165) is 12.1 Å². The minimum Gasteiger partial charge on any atom is -0.478 e. The van der Waals surface area contributed by atoms with Crippen LogP contribution < -0.4 is 0 Å². The monoisotopic (exact) mass is 335 g/mol. The number of nitrogens with zero attached hydrogens (tertiary/aromatic N) is 3. The van der Waals surface area contributed by atoms with Crippen molar-refractivity contribution in [1.82, 2.24) is 15.0 Å². The molecule has 1 aliphatic carbocycles. The highest BCUT2D eigenvalue weighted by Crippen LogP contribution is 2.30. The molecule has 0 aliphatic heterocycles. The van der Waals surface area contributed by atoms with Crippen molar-refractivity contribution in [3.05, 3.63) is 53.8 Å². The molecule has 1 heterocycles. The molecule has 1 aromatic carbocycles. The van der Waals surface area contributed by atoms with Crippen molar-refractivity contribution in [2.75, 3.05) is 0 Å². The molecule has 1 aromatic heterocycles. The number of aromatic nitrogens is 3. The molecule has 1 aliphatic rings. The van der Waals surface area contributed by atoms with E-state index in [1.54, 1.807) is 6.20 Å². The molecule has 124 valence electrons. The summed E-state index contributed by atoms with van der Waals surface area (Å²) in [5.41, 5.74) is 1.01. The van der Waals surface area contributed by atoms with E-state index in [9.17, 15) is 18.0 Å². The van der Waals surface area contributed by atoms with Gasteiger partial charge in [-0.2, -0.15) is 13.2 Å². The molecule has 0 saturated heterocycles. The molecule has 1 N–H and O–H groups in total. The van der Waals surface area contributed by atoms with Crippen LogP contribution in [-0.2, 0) is 11.0 Å². The first kappa shape index (κ1) is 16.0. The molecule has 0 radical (unpaired) electrons. The second-order valence-corrected chi connectivity index (χ2v) is 5.27. The Balaban J connectivity index is 1.86. The summed E-state index contributed by atoms with van der Waals surface area (Å²) in [4.78, 5) is 11.0. The average molecular weight is 335 g/mol. The lowest BCUT2D eigenvalue weighted by Gasteiger charge is -2.10. The van der Waals surface area contributed by atoms with Crippen LogP contribution in [-0.4, -0.2) is 26.1 Å². The van der Waals surface area contributed by atoms with Crippen molar-refractivity contribution >= 4 is 11.7 Å². The number of carboxylic acids is 1. The first-order chi connectivity index (χ1) is 11.3. The van der Waals surface area contributed by atoms with E-state index in [4.69, 9.17) is 5.11 Å². The van der Waals surface area contributed by atoms with Gasteiger partial charge in [0.2, 0.25) is 0 Å². The van der Waals surface area contributed by atoms with Gasteiger partial charge in [-0.15, -0.1) is 5.10 Å². The second-order valence-electron chi connectivity index (χ2n) is 5.27. The predicted molar refractivity (Wildman–Crippen MR) is 79.7 cm³/mol. The summed E-state index contributed by atoms with van der Waals surface area (Å²) in [5.74, 6) is -0.983. The van der Waals surface area contributed by atoms with Crippen LogP contribution in [0.3, 0.4) is 0 Å². The lowest BCUT2D eigenvalue weighted by molar-refractivity contribution is -0.137. The Morgan fingerprint density at radius 2 is 1.92 bits per heavy atom. The Labute approximate surface area is 134 Å². The smallest absolute Gasteiger partial charge is 0.416 e. The van der Waals surface area contributed by atoms with E-state index >= 15 is 0 Å². The topological polar surface area (TPSA) is 68.0 Å². The Morgan fingerprint density at radius 1 is 1.21 bits per heavy atom. The third-order valence-electron chi connectivity index (χ3n) is 3.63. The normalized spacial score (nSPS) is 15.0. The Bertz CT molecular complexity index is 833. The quantitative estimate of drug-likeness (QED) is 0.930. The molecule has 24 heavy (non-hydrogen) atoms. The van der Waals surface area contributed by atoms with Gasteiger partial charge in [0.15, 0.2) is 0 Å². The van der Waals surface area contributed by atoms with Crippen molar-refractivity contribution in [3.63, 3.8) is 0 Å². The van der Waals surface area contributed by atoms with Crippen LogP contribution >= 0.6 is 0 Å². The average Bonchev–Trinajstić information content (AvgIpc) is 3.04. The number of hydrogen-bond donors (Lipinski definition) is 1. The van der Waals surface area contributed by atoms with Gasteiger partial charge in [-0.3, -0.25) is 0 Å². The number of carboxylic acid groups (broad SMARTS) is 1. The van der Waals surface area contributed by atoms with Gasteiger partial charge >= 0.3 is 12.1 Å². The number of aliphatic carboxylic acids is 1. The third-order valence-corrected chi connectivity index (χ3v) is 3.63. The fourth-order valence-electron chi connectivity index (χ4n) is 2.37. The predicted octanol–water partition coefficient (Wildman–Crippen LogP) is 3.61. The molecule has 0 fully saturated rings. The fourth-order valence-corrected chi connectivity index (χ4v) is 2.37. The first-order valence-corrected chi connectivity index (χ1v) is 7.09. The standard InChI is InChI=1S/C16H12F3N3O2/c17-16(18,19)12-6-4-10(5-7-12)14-9-22(21-20-14)13-3-1-2-11(8-13)15(23)24/h3-9H,1-2H2,(H,23,24). The van der Waals surface area contributed by atoms with Gasteiger partial charge < -0.3 is 5.11 Å². The van der Waals surface area contributed by atoms with E-state index in [1.165, 1.54) is 22.9 Å². The number of benzene rings is 1. The highest BCUT2D eigenvalue weighted by molar-refractivity contribution is 5.90. The highest BCUT2D eigenvalue weighted by atomic mass is 19.4. The third kappa shape index (κ3) is 3.22. The molecule has 0 bridgehead atoms. The van der Waals surface area contributed by atoms with Crippen LogP contribution in [0.15, 0.2) is 48.2 Å². The summed E-state index contributed by atoms with van der Waals surface area (Å²) < 4.78 is 39.1. The molecule has 5 nitrogen and oxygen atoms in total. The second kappa shape index (κ2) is 5.95. The Hall–Kier alpha value is -2.90. The SMILES string of the molecule is O=C(O)C1=CC(n2cc(-c3ccc(C(F)(F)F)cc3)nn2)=CCC1. The maximum absolute atomic E-state index is 12.6. The lowest BCUT2D eigenvalue weighted by atomic mass is 10.0. The molecule has 0 saturated carbocycles. The van der Waals surface area contributed by atoms with Crippen LogP contribution in [0, 0.1) is 0 Å². The molecule has 0 amide bonds. The summed E-state index contributed by atoms with van der Waals surface area (Å²) in [6.45, 7) is 0. The molecule has 0 unspecified atom stereocenters. The van der Waals surface area contributed by atoms with Gasteiger partial charge in [-0.05, 0) is 31.1 Å². The maximum atomic E-state index is 12.6. The molecule has 0 spiro atoms. The summed E-state index contributed by atoms with van der Waals surface area (Å²) in [7, 11) is 0. The van der Waals surface area contributed by atoms with Crippen molar-refractivity contribution in [2.24, 2.45) is 0 Å². The minimum atomic E-state index is -4.39. The van der Waals surface area contributed by atoms with Gasteiger partial charge in [-0.1, -0.05) is 23.4 Å².